The smallest absolute Gasteiger partial charge is 0.290 e. The molecule has 4 rings (SSSR count). The minimum atomic E-state index is -0.398. The Hall–Kier alpha value is -3.58. The average molecular weight is 502 g/mol. The van der Waals surface area contributed by atoms with Crippen LogP contribution in [0.3, 0.4) is 0 Å². The molecular weight excluding hydrogens is 474 g/mol. The van der Waals surface area contributed by atoms with Crippen LogP contribution in [0.15, 0.2) is 22.6 Å². The molecule has 0 radical (unpaired) electrons. The largest absolute Gasteiger partial charge is 0.505 e. The minimum absolute atomic E-state index is 0.0356. The number of aromatic nitrogens is 5. The van der Waals surface area contributed by atoms with Gasteiger partial charge in [-0.25, -0.2) is 14.6 Å². The van der Waals surface area contributed by atoms with E-state index in [4.69, 9.17) is 4.74 Å². The normalized spacial score (nSPS) is 16.0. The van der Waals surface area contributed by atoms with Crippen LogP contribution in [-0.4, -0.2) is 85.7 Å². The number of nitrogens with zero attached hydrogens (tertiary/aromatic N) is 6. The molecule has 0 saturated carbocycles. The topological polar surface area (TPSA) is 147 Å². The molecule has 0 aromatic carbocycles. The molecule has 0 unspecified atom stereocenters. The number of amides is 1. The molecule has 12 nitrogen and oxygen atoms in total. The Morgan fingerprint density at radius 2 is 2.09 bits per heavy atom. The van der Waals surface area contributed by atoms with Crippen molar-refractivity contribution in [3.63, 3.8) is 0 Å². The molecule has 2 aromatic heterocycles. The first-order valence-corrected chi connectivity index (χ1v) is 12.2. The molecule has 13 heteroatoms. The van der Waals surface area contributed by atoms with Crippen molar-refractivity contribution in [1.82, 2.24) is 29.0 Å². The minimum Gasteiger partial charge on any atom is -0.505 e. The van der Waals surface area contributed by atoms with Crippen LogP contribution in [-0.2, 0) is 22.5 Å². The third-order valence-corrected chi connectivity index (χ3v) is 6.48. The lowest BCUT2D eigenvalue weighted by molar-refractivity contribution is -0.108. The second-order valence-electron chi connectivity index (χ2n) is 7.95. The van der Waals surface area contributed by atoms with Gasteiger partial charge < -0.3 is 24.4 Å². The molecule has 2 aromatic rings. The molecule has 186 valence electrons. The zero-order valence-corrected chi connectivity index (χ0v) is 20.2. The first-order chi connectivity index (χ1) is 17.0. The van der Waals surface area contributed by atoms with Gasteiger partial charge in [0, 0.05) is 26.2 Å². The first-order valence-electron chi connectivity index (χ1n) is 11.3. The molecule has 0 atom stereocenters. The molecule has 0 aliphatic carbocycles. The fourth-order valence-electron chi connectivity index (χ4n) is 4.02. The number of piperazine rings is 1. The predicted octanol–water partition coefficient (Wildman–Crippen LogP) is 0.780. The molecule has 1 amide bonds. The molecule has 0 spiro atoms. The number of aromatic hydroxyl groups is 1. The highest BCUT2D eigenvalue weighted by molar-refractivity contribution is 7.04. The van der Waals surface area contributed by atoms with Crippen molar-refractivity contribution in [2.45, 2.75) is 26.3 Å². The molecule has 4 heterocycles. The Morgan fingerprint density at radius 1 is 1.29 bits per heavy atom. The number of H-pyrrole nitrogens is 1. The number of aromatic amines is 1. The van der Waals surface area contributed by atoms with Gasteiger partial charge in [0.05, 0.1) is 30.8 Å². The number of carbonyl (C=O) groups is 2. The van der Waals surface area contributed by atoms with Crippen LogP contribution < -0.4 is 10.5 Å². The second-order valence-corrected chi connectivity index (χ2v) is 8.58. The molecule has 1 saturated heterocycles. The number of ether oxygens (including phenoxy) is 1. The van der Waals surface area contributed by atoms with Gasteiger partial charge in [-0.1, -0.05) is 13.0 Å². The maximum absolute atomic E-state index is 13.7. The maximum atomic E-state index is 13.7. The summed E-state index contributed by atoms with van der Waals surface area (Å²) in [6, 6.07) is 0. The van der Waals surface area contributed by atoms with E-state index in [2.05, 4.69) is 19.4 Å². The maximum Gasteiger partial charge on any atom is 0.290 e. The van der Waals surface area contributed by atoms with Gasteiger partial charge in [0.15, 0.2) is 11.4 Å². The molecule has 0 bridgehead atoms. The van der Waals surface area contributed by atoms with Crippen molar-refractivity contribution >= 4 is 35.0 Å². The zero-order valence-electron chi connectivity index (χ0n) is 19.3. The summed E-state index contributed by atoms with van der Waals surface area (Å²) in [7, 11) is 0. The number of aryl methyl sites for hydroxylation is 1. The van der Waals surface area contributed by atoms with E-state index in [9.17, 15) is 19.5 Å². The van der Waals surface area contributed by atoms with E-state index in [1.807, 2.05) is 17.9 Å². The molecule has 35 heavy (non-hydrogen) atoms. The van der Waals surface area contributed by atoms with Crippen LogP contribution in [0.25, 0.3) is 5.57 Å². The SMILES string of the molecule is CCc1ncnc(C2=CCOCC2)[nH]n(CC=O)c(=O)c1N1CCN(C(=O)c2nscc2O)CC1. The fraction of sp³-hybridized carbons (Fsp3) is 0.455. The fourth-order valence-corrected chi connectivity index (χ4v) is 4.56. The molecule has 2 aliphatic heterocycles. The summed E-state index contributed by atoms with van der Waals surface area (Å²) >= 11 is 1.02. The Labute approximate surface area is 205 Å². The van der Waals surface area contributed by atoms with Gasteiger partial charge in [0.1, 0.15) is 24.1 Å². The molecule has 2 aliphatic rings. The van der Waals surface area contributed by atoms with Gasteiger partial charge in [-0.2, -0.15) is 4.37 Å². The van der Waals surface area contributed by atoms with Crippen molar-refractivity contribution in [3.8, 4) is 5.75 Å². The number of nitrogens with one attached hydrogen (secondary N) is 1. The lowest BCUT2D eigenvalue weighted by atomic mass is 10.1. The van der Waals surface area contributed by atoms with Gasteiger partial charge in [0.25, 0.3) is 11.5 Å². The quantitative estimate of drug-likeness (QED) is 0.548. The predicted molar refractivity (Wildman–Crippen MR) is 129 cm³/mol. The zero-order chi connectivity index (χ0) is 24.8. The molecule has 1 fully saturated rings. The lowest BCUT2D eigenvalue weighted by Gasteiger charge is -2.35. The summed E-state index contributed by atoms with van der Waals surface area (Å²) < 4.78 is 10.6. The lowest BCUT2D eigenvalue weighted by Crippen LogP contribution is -2.50. The third kappa shape index (κ3) is 5.41. The number of hydrogen-bond acceptors (Lipinski definition) is 10. The summed E-state index contributed by atoms with van der Waals surface area (Å²) in [5.41, 5.74) is 1.42. The van der Waals surface area contributed by atoms with E-state index >= 15 is 0 Å². The van der Waals surface area contributed by atoms with E-state index < -0.39 is 5.56 Å². The van der Waals surface area contributed by atoms with Crippen LogP contribution in [0.2, 0.25) is 0 Å². The number of carbonyl (C=O) groups excluding carboxylic acids is 2. The highest BCUT2D eigenvalue weighted by Gasteiger charge is 2.28. The molecule has 2 N–H and O–H groups in total. The standard InChI is InChI=1S/C22H27N7O5S/c1-2-16-19(27-5-7-28(8-6-27)21(32)18-17(31)13-35-26-18)22(33)29(9-10-30)25-20(24-14-23-16)15-3-11-34-12-4-15/h3,10,13-14,31H,2,4-9,11-12H2,1H3,(H,23,24,25). The summed E-state index contributed by atoms with van der Waals surface area (Å²) in [5, 5.41) is 14.3. The van der Waals surface area contributed by atoms with Crippen LogP contribution >= 0.6 is 11.5 Å². The number of rotatable bonds is 6. The number of aldehydes is 1. The average Bonchev–Trinajstić information content (AvgIpc) is 3.34. The third-order valence-electron chi connectivity index (χ3n) is 5.86. The van der Waals surface area contributed by atoms with Crippen LogP contribution in [0.5, 0.6) is 5.75 Å². The van der Waals surface area contributed by atoms with Crippen molar-refractivity contribution in [2.75, 3.05) is 44.3 Å². The van der Waals surface area contributed by atoms with Crippen molar-refractivity contribution < 1.29 is 19.4 Å². The van der Waals surface area contributed by atoms with Crippen molar-refractivity contribution in [2.24, 2.45) is 0 Å². The monoisotopic (exact) mass is 501 g/mol. The van der Waals surface area contributed by atoms with E-state index in [0.717, 1.165) is 17.1 Å². The Morgan fingerprint density at radius 3 is 2.71 bits per heavy atom. The van der Waals surface area contributed by atoms with E-state index in [1.165, 1.54) is 16.4 Å². The van der Waals surface area contributed by atoms with E-state index in [0.29, 0.717) is 75.7 Å². The Bertz CT molecular complexity index is 1220. The summed E-state index contributed by atoms with van der Waals surface area (Å²) in [6.45, 7) is 4.13. The second kappa shape index (κ2) is 11.2. The van der Waals surface area contributed by atoms with Gasteiger partial charge >= 0.3 is 0 Å². The van der Waals surface area contributed by atoms with Gasteiger partial charge in [0.2, 0.25) is 0 Å². The van der Waals surface area contributed by atoms with Crippen LogP contribution in [0.4, 0.5) is 5.69 Å². The Balaban J connectivity index is 1.70. The summed E-state index contributed by atoms with van der Waals surface area (Å²) in [5.74, 6) is -0.0356. The summed E-state index contributed by atoms with van der Waals surface area (Å²) in [6.07, 6.45) is 5.05. The molecular formula is C22H27N7O5S. The van der Waals surface area contributed by atoms with Gasteiger partial charge in [-0.3, -0.25) is 14.7 Å². The highest BCUT2D eigenvalue weighted by Crippen LogP contribution is 2.22. The van der Waals surface area contributed by atoms with Crippen LogP contribution in [0.1, 0.15) is 35.4 Å². The van der Waals surface area contributed by atoms with Gasteiger partial charge in [-0.15, -0.1) is 0 Å². The summed E-state index contributed by atoms with van der Waals surface area (Å²) in [4.78, 5) is 50.2. The highest BCUT2D eigenvalue weighted by atomic mass is 32.1. The Kier molecular flexibility index (Phi) is 7.87. The van der Waals surface area contributed by atoms with Crippen LogP contribution in [0, 0.1) is 0 Å². The van der Waals surface area contributed by atoms with Crippen molar-refractivity contribution in [1.29, 1.82) is 0 Å². The van der Waals surface area contributed by atoms with Gasteiger partial charge in [-0.05, 0) is 29.9 Å². The number of hydrogen-bond donors (Lipinski definition) is 2. The van der Waals surface area contributed by atoms with Crippen molar-refractivity contribution in [3.05, 3.63) is 45.3 Å². The first kappa shape index (κ1) is 24.5. The number of anilines is 1. The van der Waals surface area contributed by atoms with E-state index in [1.54, 1.807) is 4.90 Å². The van der Waals surface area contributed by atoms with E-state index in [-0.39, 0.29) is 23.9 Å².